The number of rotatable bonds is 6. The summed E-state index contributed by atoms with van der Waals surface area (Å²) in [7, 11) is -3.58. The number of hydrogen-bond acceptors (Lipinski definition) is 7. The number of sulfonamides is 1. The van der Waals surface area contributed by atoms with E-state index in [1.165, 1.54) is 28.6 Å². The van der Waals surface area contributed by atoms with Gasteiger partial charge < -0.3 is 24.3 Å². The molecule has 2 heterocycles. The number of benzene rings is 2. The van der Waals surface area contributed by atoms with Crippen LogP contribution in [0.5, 0.6) is 17.2 Å². The van der Waals surface area contributed by atoms with Crippen LogP contribution in [0.3, 0.4) is 0 Å². The number of nitrogens with one attached hydrogen (secondary N) is 1. The summed E-state index contributed by atoms with van der Waals surface area (Å²) < 4.78 is 48.6. The Bertz CT molecular complexity index is 1070. The van der Waals surface area contributed by atoms with Gasteiger partial charge in [-0.15, -0.1) is 0 Å². The number of morpholine rings is 1. The summed E-state index contributed by atoms with van der Waals surface area (Å²) in [6.07, 6.45) is 0.758. The molecule has 4 rings (SSSR count). The first kappa shape index (κ1) is 22.7. The summed E-state index contributed by atoms with van der Waals surface area (Å²) in [6, 6.07) is 9.16. The molecule has 11 heteroatoms. The molecule has 0 radical (unpaired) electrons. The molecule has 1 N–H and O–H groups in total. The number of nitrogens with zero attached hydrogens (tertiary/aromatic N) is 1. The number of amides is 1. The van der Waals surface area contributed by atoms with E-state index in [0.29, 0.717) is 67.5 Å². The number of halogens is 1. The minimum atomic E-state index is -3.58. The van der Waals surface area contributed by atoms with E-state index in [9.17, 15) is 13.2 Å². The van der Waals surface area contributed by atoms with Crippen LogP contribution >= 0.6 is 11.6 Å². The number of anilines is 1. The molecule has 9 nitrogen and oxygen atoms in total. The molecule has 0 bridgehead atoms. The van der Waals surface area contributed by atoms with Gasteiger partial charge in [-0.2, -0.15) is 4.31 Å². The van der Waals surface area contributed by atoms with Gasteiger partial charge in [0.25, 0.3) is 5.91 Å². The van der Waals surface area contributed by atoms with Crippen LogP contribution in [0.25, 0.3) is 0 Å². The molecule has 0 spiro atoms. The lowest BCUT2D eigenvalue weighted by molar-refractivity contribution is -0.118. The normalized spacial score (nSPS) is 16.8. The van der Waals surface area contributed by atoms with Crippen LogP contribution in [0.1, 0.15) is 6.42 Å². The minimum absolute atomic E-state index is 0.162. The van der Waals surface area contributed by atoms with E-state index in [0.717, 1.165) is 6.42 Å². The molecule has 0 aromatic heterocycles. The van der Waals surface area contributed by atoms with E-state index in [2.05, 4.69) is 5.32 Å². The molecule has 2 aliphatic rings. The third-order valence-electron chi connectivity index (χ3n) is 4.91. The van der Waals surface area contributed by atoms with Gasteiger partial charge in [0.05, 0.1) is 42.0 Å². The summed E-state index contributed by atoms with van der Waals surface area (Å²) in [6.45, 7) is 2.18. The fourth-order valence-corrected chi connectivity index (χ4v) is 4.87. The maximum absolute atomic E-state index is 12.7. The molecule has 2 aromatic carbocycles. The highest BCUT2D eigenvalue weighted by atomic mass is 35.5. The van der Waals surface area contributed by atoms with Crippen LogP contribution in [0.2, 0.25) is 5.02 Å². The largest absolute Gasteiger partial charge is 0.490 e. The zero-order chi connectivity index (χ0) is 22.6. The van der Waals surface area contributed by atoms with Crippen molar-refractivity contribution in [1.29, 1.82) is 0 Å². The zero-order valence-electron chi connectivity index (χ0n) is 17.2. The monoisotopic (exact) mass is 482 g/mol. The SMILES string of the molecule is O=C(COc1ccc(S(=O)(=O)N2CCOCC2)cc1)Nc1cc2c(cc1Cl)OCCCO2. The number of ether oxygens (including phenoxy) is 4. The van der Waals surface area contributed by atoms with Crippen LogP contribution in [-0.4, -0.2) is 64.8 Å². The van der Waals surface area contributed by atoms with E-state index in [-0.39, 0.29) is 11.5 Å². The summed E-state index contributed by atoms with van der Waals surface area (Å²) in [5.41, 5.74) is 0.386. The van der Waals surface area contributed by atoms with Crippen LogP contribution < -0.4 is 19.5 Å². The van der Waals surface area contributed by atoms with Crippen LogP contribution in [-0.2, 0) is 19.6 Å². The lowest BCUT2D eigenvalue weighted by atomic mass is 10.2. The Hall–Kier alpha value is -2.53. The van der Waals surface area contributed by atoms with Crippen molar-refractivity contribution in [2.45, 2.75) is 11.3 Å². The lowest BCUT2D eigenvalue weighted by Gasteiger charge is -2.26. The molecule has 0 atom stereocenters. The van der Waals surface area contributed by atoms with Crippen molar-refractivity contribution in [2.24, 2.45) is 0 Å². The van der Waals surface area contributed by atoms with Crippen molar-refractivity contribution in [2.75, 3.05) is 51.4 Å². The molecule has 1 saturated heterocycles. The van der Waals surface area contributed by atoms with Crippen molar-refractivity contribution in [3.63, 3.8) is 0 Å². The quantitative estimate of drug-likeness (QED) is 0.674. The molecule has 2 aromatic rings. The molecule has 1 amide bonds. The van der Waals surface area contributed by atoms with Gasteiger partial charge in [-0.3, -0.25) is 4.79 Å². The molecule has 172 valence electrons. The van der Waals surface area contributed by atoms with E-state index in [1.54, 1.807) is 12.1 Å². The summed E-state index contributed by atoms with van der Waals surface area (Å²) in [4.78, 5) is 12.5. The van der Waals surface area contributed by atoms with Crippen LogP contribution in [0.15, 0.2) is 41.3 Å². The second-order valence-electron chi connectivity index (χ2n) is 7.15. The van der Waals surface area contributed by atoms with Crippen molar-refractivity contribution in [1.82, 2.24) is 4.31 Å². The van der Waals surface area contributed by atoms with E-state index in [4.69, 9.17) is 30.5 Å². The van der Waals surface area contributed by atoms with Crippen molar-refractivity contribution >= 4 is 33.2 Å². The Morgan fingerprint density at radius 1 is 1.03 bits per heavy atom. The highest BCUT2D eigenvalue weighted by Gasteiger charge is 2.26. The first-order valence-corrected chi connectivity index (χ1v) is 11.9. The first-order chi connectivity index (χ1) is 15.4. The molecule has 32 heavy (non-hydrogen) atoms. The minimum Gasteiger partial charge on any atom is -0.490 e. The molecule has 0 aliphatic carbocycles. The number of fused-ring (bicyclic) bond motifs is 1. The number of carbonyl (C=O) groups excluding carboxylic acids is 1. The fraction of sp³-hybridized carbons (Fsp3) is 0.381. The van der Waals surface area contributed by atoms with Gasteiger partial charge in [-0.05, 0) is 24.3 Å². The lowest BCUT2D eigenvalue weighted by Crippen LogP contribution is -2.40. The van der Waals surface area contributed by atoms with Crippen LogP contribution in [0.4, 0.5) is 5.69 Å². The number of hydrogen-bond donors (Lipinski definition) is 1. The number of carbonyl (C=O) groups is 1. The van der Waals surface area contributed by atoms with Gasteiger partial charge in [0.15, 0.2) is 18.1 Å². The highest BCUT2D eigenvalue weighted by Crippen LogP contribution is 2.37. The van der Waals surface area contributed by atoms with Crippen molar-refractivity contribution in [3.05, 3.63) is 41.4 Å². The summed E-state index contributed by atoms with van der Waals surface area (Å²) >= 11 is 6.24. The third-order valence-corrected chi connectivity index (χ3v) is 7.14. The second-order valence-corrected chi connectivity index (χ2v) is 9.50. The van der Waals surface area contributed by atoms with Crippen molar-refractivity contribution in [3.8, 4) is 17.2 Å². The Balaban J connectivity index is 1.35. The Morgan fingerprint density at radius 3 is 2.38 bits per heavy atom. The predicted octanol–water partition coefficient (Wildman–Crippen LogP) is 2.54. The highest BCUT2D eigenvalue weighted by molar-refractivity contribution is 7.89. The Labute approximate surface area is 191 Å². The molecule has 2 aliphatic heterocycles. The molecule has 0 saturated carbocycles. The Morgan fingerprint density at radius 2 is 1.69 bits per heavy atom. The van der Waals surface area contributed by atoms with Gasteiger partial charge >= 0.3 is 0 Å². The zero-order valence-corrected chi connectivity index (χ0v) is 18.8. The average Bonchev–Trinajstić information content (AvgIpc) is 3.03. The van der Waals surface area contributed by atoms with Gasteiger partial charge in [-0.25, -0.2) is 8.42 Å². The molecular weight excluding hydrogens is 460 g/mol. The smallest absolute Gasteiger partial charge is 0.262 e. The summed E-state index contributed by atoms with van der Waals surface area (Å²) in [5.74, 6) is 0.992. The second kappa shape index (κ2) is 9.95. The molecular formula is C21H23ClN2O7S. The van der Waals surface area contributed by atoms with Gasteiger partial charge in [0.1, 0.15) is 5.75 Å². The third kappa shape index (κ3) is 5.26. The maximum Gasteiger partial charge on any atom is 0.262 e. The molecule has 0 unspecified atom stereocenters. The standard InChI is InChI=1S/C21H23ClN2O7S/c22-17-12-19-20(30-9-1-8-29-19)13-18(17)23-21(25)14-31-15-2-4-16(5-3-15)32(26,27)24-6-10-28-11-7-24/h2-5,12-13H,1,6-11,14H2,(H,23,25). The molecule has 1 fully saturated rings. The first-order valence-electron chi connectivity index (χ1n) is 10.1. The van der Waals surface area contributed by atoms with E-state index in [1.807, 2.05) is 0 Å². The Kier molecular flexibility index (Phi) is 7.04. The average molecular weight is 483 g/mol. The van der Waals surface area contributed by atoms with E-state index >= 15 is 0 Å². The van der Waals surface area contributed by atoms with Crippen LogP contribution in [0, 0.1) is 0 Å². The fourth-order valence-electron chi connectivity index (χ4n) is 3.26. The van der Waals surface area contributed by atoms with Crippen molar-refractivity contribution < 1.29 is 32.2 Å². The van der Waals surface area contributed by atoms with Gasteiger partial charge in [0.2, 0.25) is 10.0 Å². The topological polar surface area (TPSA) is 103 Å². The maximum atomic E-state index is 12.7. The van der Waals surface area contributed by atoms with Gasteiger partial charge in [0, 0.05) is 31.6 Å². The van der Waals surface area contributed by atoms with Gasteiger partial charge in [-0.1, -0.05) is 11.6 Å². The predicted molar refractivity (Wildman–Crippen MR) is 117 cm³/mol. The summed E-state index contributed by atoms with van der Waals surface area (Å²) in [5, 5.41) is 3.00. The van der Waals surface area contributed by atoms with E-state index < -0.39 is 15.9 Å².